The lowest BCUT2D eigenvalue weighted by Gasteiger charge is -2.08. The number of nitrogens with one attached hydrogen (secondary N) is 3. The minimum atomic E-state index is -0.437. The highest BCUT2D eigenvalue weighted by atomic mass is 35.5. The number of halogens is 1. The second-order valence-corrected chi connectivity index (χ2v) is 5.75. The Hall–Kier alpha value is -2.86. The van der Waals surface area contributed by atoms with Gasteiger partial charge < -0.3 is 5.32 Å². The van der Waals surface area contributed by atoms with Gasteiger partial charge in [0.2, 0.25) is 17.7 Å². The first kappa shape index (κ1) is 18.5. The molecule has 0 heterocycles. The number of para-hydroxylation sites is 1. The first-order valence-electron chi connectivity index (χ1n) is 7.70. The number of hydrogen-bond donors (Lipinski definition) is 3. The van der Waals surface area contributed by atoms with E-state index in [1.165, 1.54) is 0 Å². The lowest BCUT2D eigenvalue weighted by molar-refractivity contribution is -0.129. The Labute approximate surface area is 150 Å². The number of carbonyl (C=O) groups excluding carboxylic acids is 3. The fraction of sp³-hybridized carbons (Fsp3) is 0.167. The molecule has 0 saturated carbocycles. The topological polar surface area (TPSA) is 87.3 Å². The SMILES string of the molecule is O=C(CCC(=O)Nc1ccccc1)NNC(=O)Cc1ccc(Cl)cc1. The fourth-order valence-electron chi connectivity index (χ4n) is 2.01. The van der Waals surface area contributed by atoms with E-state index in [2.05, 4.69) is 16.2 Å². The summed E-state index contributed by atoms with van der Waals surface area (Å²) in [5, 5.41) is 3.27. The molecule has 2 aromatic carbocycles. The smallest absolute Gasteiger partial charge is 0.242 e. The Morgan fingerprint density at radius 1 is 0.760 bits per heavy atom. The summed E-state index contributed by atoms with van der Waals surface area (Å²) >= 11 is 5.77. The van der Waals surface area contributed by atoms with Gasteiger partial charge in [-0.15, -0.1) is 0 Å². The number of carbonyl (C=O) groups is 3. The van der Waals surface area contributed by atoms with Gasteiger partial charge in [-0.25, -0.2) is 0 Å². The molecule has 0 aliphatic rings. The van der Waals surface area contributed by atoms with Crippen molar-refractivity contribution in [2.75, 3.05) is 5.32 Å². The van der Waals surface area contributed by atoms with Crippen LogP contribution in [0.3, 0.4) is 0 Å². The van der Waals surface area contributed by atoms with E-state index in [1.807, 2.05) is 6.07 Å². The second kappa shape index (κ2) is 9.44. The van der Waals surface area contributed by atoms with Gasteiger partial charge in [0.05, 0.1) is 6.42 Å². The molecule has 0 fully saturated rings. The van der Waals surface area contributed by atoms with Crippen LogP contribution in [-0.2, 0) is 20.8 Å². The van der Waals surface area contributed by atoms with Crippen LogP contribution < -0.4 is 16.2 Å². The molecule has 130 valence electrons. The van der Waals surface area contributed by atoms with Crippen molar-refractivity contribution in [1.29, 1.82) is 0 Å². The highest BCUT2D eigenvalue weighted by molar-refractivity contribution is 6.30. The van der Waals surface area contributed by atoms with Gasteiger partial charge in [-0.3, -0.25) is 25.2 Å². The Morgan fingerprint density at radius 2 is 1.36 bits per heavy atom. The normalized spacial score (nSPS) is 9.96. The molecule has 0 aliphatic carbocycles. The lowest BCUT2D eigenvalue weighted by atomic mass is 10.1. The molecule has 0 spiro atoms. The Morgan fingerprint density at radius 3 is 2.04 bits per heavy atom. The molecule has 6 nitrogen and oxygen atoms in total. The van der Waals surface area contributed by atoms with E-state index in [0.717, 1.165) is 5.56 Å². The van der Waals surface area contributed by atoms with Gasteiger partial charge in [0, 0.05) is 23.6 Å². The van der Waals surface area contributed by atoms with Gasteiger partial charge in [-0.2, -0.15) is 0 Å². The van der Waals surface area contributed by atoms with Gasteiger partial charge in [0.1, 0.15) is 0 Å². The van der Waals surface area contributed by atoms with Gasteiger partial charge >= 0.3 is 0 Å². The van der Waals surface area contributed by atoms with Gasteiger partial charge in [-0.05, 0) is 29.8 Å². The summed E-state index contributed by atoms with van der Waals surface area (Å²) in [5.41, 5.74) is 6.05. The summed E-state index contributed by atoms with van der Waals surface area (Å²) in [6.45, 7) is 0. The summed E-state index contributed by atoms with van der Waals surface area (Å²) < 4.78 is 0. The highest BCUT2D eigenvalue weighted by Crippen LogP contribution is 2.09. The van der Waals surface area contributed by atoms with Crippen molar-refractivity contribution in [2.45, 2.75) is 19.3 Å². The number of hydrazine groups is 1. The molecule has 0 atom stereocenters. The molecule has 7 heteroatoms. The molecule has 3 amide bonds. The summed E-state index contributed by atoms with van der Waals surface area (Å²) in [6, 6.07) is 15.8. The first-order chi connectivity index (χ1) is 12.0. The molecule has 0 unspecified atom stereocenters. The maximum absolute atomic E-state index is 11.7. The number of rotatable bonds is 6. The monoisotopic (exact) mass is 359 g/mol. The van der Waals surface area contributed by atoms with Gasteiger partial charge in [0.15, 0.2) is 0 Å². The number of benzene rings is 2. The number of anilines is 1. The average Bonchev–Trinajstić information content (AvgIpc) is 2.61. The van der Waals surface area contributed by atoms with Crippen LogP contribution in [0.1, 0.15) is 18.4 Å². The van der Waals surface area contributed by atoms with Crippen molar-refractivity contribution in [2.24, 2.45) is 0 Å². The third-order valence-corrected chi connectivity index (χ3v) is 3.51. The molecule has 0 saturated heterocycles. The van der Waals surface area contributed by atoms with E-state index in [4.69, 9.17) is 11.6 Å². The molecular weight excluding hydrogens is 342 g/mol. The van der Waals surface area contributed by atoms with Crippen LogP contribution in [0.15, 0.2) is 54.6 Å². The van der Waals surface area contributed by atoms with E-state index in [0.29, 0.717) is 10.7 Å². The van der Waals surface area contributed by atoms with Crippen molar-refractivity contribution < 1.29 is 14.4 Å². The van der Waals surface area contributed by atoms with Crippen molar-refractivity contribution in [1.82, 2.24) is 10.9 Å². The molecule has 3 N–H and O–H groups in total. The Bertz CT molecular complexity index is 733. The summed E-state index contributed by atoms with van der Waals surface area (Å²) in [5.74, 6) is -1.06. The summed E-state index contributed by atoms with van der Waals surface area (Å²) in [4.78, 5) is 35.2. The van der Waals surface area contributed by atoms with Crippen LogP contribution in [0.2, 0.25) is 5.02 Å². The zero-order valence-corrected chi connectivity index (χ0v) is 14.2. The van der Waals surface area contributed by atoms with E-state index in [-0.39, 0.29) is 31.1 Å². The van der Waals surface area contributed by atoms with Crippen LogP contribution in [0.5, 0.6) is 0 Å². The number of hydrogen-bond acceptors (Lipinski definition) is 3. The van der Waals surface area contributed by atoms with E-state index >= 15 is 0 Å². The van der Waals surface area contributed by atoms with Crippen molar-refractivity contribution in [3.63, 3.8) is 0 Å². The van der Waals surface area contributed by atoms with Crippen molar-refractivity contribution >= 4 is 35.0 Å². The van der Waals surface area contributed by atoms with Crippen LogP contribution >= 0.6 is 11.6 Å². The molecule has 0 radical (unpaired) electrons. The quantitative estimate of drug-likeness (QED) is 0.692. The second-order valence-electron chi connectivity index (χ2n) is 5.31. The standard InChI is InChI=1S/C18H18ClN3O3/c19-14-8-6-13(7-9-14)12-18(25)22-21-17(24)11-10-16(23)20-15-4-2-1-3-5-15/h1-9H,10-12H2,(H,20,23)(H,21,24)(H,22,25). The third kappa shape index (κ3) is 7.05. The molecule has 2 rings (SSSR count). The fourth-order valence-corrected chi connectivity index (χ4v) is 2.13. The molecule has 0 aromatic heterocycles. The van der Waals surface area contributed by atoms with Gasteiger partial charge in [0.25, 0.3) is 0 Å². The molecule has 0 aliphatic heterocycles. The van der Waals surface area contributed by atoms with Crippen LogP contribution in [0.25, 0.3) is 0 Å². The predicted molar refractivity (Wildman–Crippen MR) is 95.7 cm³/mol. The van der Waals surface area contributed by atoms with Crippen molar-refractivity contribution in [3.05, 3.63) is 65.2 Å². The van der Waals surface area contributed by atoms with Crippen LogP contribution in [0.4, 0.5) is 5.69 Å². The lowest BCUT2D eigenvalue weighted by Crippen LogP contribution is -2.42. The summed E-state index contributed by atoms with van der Waals surface area (Å²) in [7, 11) is 0. The van der Waals surface area contributed by atoms with E-state index in [9.17, 15) is 14.4 Å². The van der Waals surface area contributed by atoms with Crippen LogP contribution in [-0.4, -0.2) is 17.7 Å². The Balaban J connectivity index is 1.65. The highest BCUT2D eigenvalue weighted by Gasteiger charge is 2.09. The third-order valence-electron chi connectivity index (χ3n) is 3.26. The van der Waals surface area contributed by atoms with Gasteiger partial charge in [-0.1, -0.05) is 41.9 Å². The Kier molecular flexibility index (Phi) is 6.98. The number of amides is 3. The molecular formula is C18H18ClN3O3. The zero-order valence-electron chi connectivity index (χ0n) is 13.4. The minimum Gasteiger partial charge on any atom is -0.326 e. The van der Waals surface area contributed by atoms with E-state index < -0.39 is 5.91 Å². The predicted octanol–water partition coefficient (Wildman–Crippen LogP) is 2.45. The average molecular weight is 360 g/mol. The van der Waals surface area contributed by atoms with Crippen molar-refractivity contribution in [3.8, 4) is 0 Å². The van der Waals surface area contributed by atoms with Crippen LogP contribution in [0, 0.1) is 0 Å². The van der Waals surface area contributed by atoms with E-state index in [1.54, 1.807) is 48.5 Å². The molecule has 25 heavy (non-hydrogen) atoms. The minimum absolute atomic E-state index is 0.0216. The zero-order chi connectivity index (χ0) is 18.1. The molecule has 2 aromatic rings. The largest absolute Gasteiger partial charge is 0.326 e. The molecule has 0 bridgehead atoms. The maximum Gasteiger partial charge on any atom is 0.242 e. The maximum atomic E-state index is 11.7. The first-order valence-corrected chi connectivity index (χ1v) is 8.08. The summed E-state index contributed by atoms with van der Waals surface area (Å²) in [6.07, 6.45) is 0.111.